The molecule has 0 radical (unpaired) electrons. The summed E-state index contributed by atoms with van der Waals surface area (Å²) < 4.78 is 0. The molecule has 0 saturated heterocycles. The van der Waals surface area contributed by atoms with Crippen molar-refractivity contribution in [2.24, 2.45) is 0 Å². The first-order valence-electron chi connectivity index (χ1n) is 7.02. The lowest BCUT2D eigenvalue weighted by molar-refractivity contribution is 0.0879. The Labute approximate surface area is 137 Å². The number of benzene rings is 2. The van der Waals surface area contributed by atoms with E-state index in [-0.39, 0.29) is 22.4 Å². The highest BCUT2D eigenvalue weighted by molar-refractivity contribution is 7.99. The molecule has 2 aromatic carbocycles. The van der Waals surface area contributed by atoms with Gasteiger partial charge in [-0.25, -0.2) is 0 Å². The van der Waals surface area contributed by atoms with E-state index >= 15 is 0 Å². The summed E-state index contributed by atoms with van der Waals surface area (Å²) in [6.07, 6.45) is 0.829. The molecule has 2 amide bonds. The van der Waals surface area contributed by atoms with Gasteiger partial charge in [0.2, 0.25) is 0 Å². The molecule has 1 aliphatic heterocycles. The molecule has 1 heterocycles. The summed E-state index contributed by atoms with van der Waals surface area (Å²) in [6, 6.07) is 13.6. The van der Waals surface area contributed by atoms with E-state index in [0.29, 0.717) is 11.1 Å². The average Bonchev–Trinajstić information content (AvgIpc) is 2.98. The second-order valence-corrected chi connectivity index (χ2v) is 7.16. The van der Waals surface area contributed by atoms with Crippen molar-refractivity contribution in [1.82, 2.24) is 5.32 Å². The molecule has 2 unspecified atom stereocenters. The number of alkyl halides is 1. The summed E-state index contributed by atoms with van der Waals surface area (Å²) in [6.45, 7) is 0. The van der Waals surface area contributed by atoms with E-state index in [1.807, 2.05) is 24.3 Å². The van der Waals surface area contributed by atoms with E-state index in [2.05, 4.69) is 17.4 Å². The summed E-state index contributed by atoms with van der Waals surface area (Å²) in [4.78, 5) is 24.6. The van der Waals surface area contributed by atoms with Crippen LogP contribution in [0.1, 0.15) is 37.1 Å². The molecule has 3 nitrogen and oxygen atoms in total. The van der Waals surface area contributed by atoms with Gasteiger partial charge in [0.15, 0.2) is 0 Å². The number of hydrogen-bond donors (Lipinski definition) is 1. The zero-order valence-electron chi connectivity index (χ0n) is 11.5. The van der Waals surface area contributed by atoms with Crippen LogP contribution < -0.4 is 5.32 Å². The third-order valence-corrected chi connectivity index (χ3v) is 6.07. The van der Waals surface area contributed by atoms with Crippen LogP contribution in [0.4, 0.5) is 0 Å². The van der Waals surface area contributed by atoms with Crippen LogP contribution in [0.5, 0.6) is 0 Å². The predicted octanol–water partition coefficient (Wildman–Crippen LogP) is 3.57. The number of imide groups is 1. The van der Waals surface area contributed by atoms with Crippen molar-refractivity contribution in [3.05, 3.63) is 64.7 Å². The fourth-order valence-electron chi connectivity index (χ4n) is 3.07. The molecule has 0 aromatic heterocycles. The molecule has 2 aromatic rings. The topological polar surface area (TPSA) is 46.2 Å². The maximum absolute atomic E-state index is 12.0. The van der Waals surface area contributed by atoms with Crippen LogP contribution in [-0.2, 0) is 6.42 Å². The Balaban J connectivity index is 1.74. The summed E-state index contributed by atoms with van der Waals surface area (Å²) in [7, 11) is 0. The van der Waals surface area contributed by atoms with Crippen molar-refractivity contribution in [2.45, 2.75) is 21.9 Å². The van der Waals surface area contributed by atoms with Gasteiger partial charge < -0.3 is 0 Å². The van der Waals surface area contributed by atoms with Crippen LogP contribution in [0, 0.1) is 0 Å². The highest BCUT2D eigenvalue weighted by Gasteiger charge is 2.35. The molecule has 4 rings (SSSR count). The maximum Gasteiger partial charge on any atom is 0.260 e. The van der Waals surface area contributed by atoms with Gasteiger partial charge in [0.25, 0.3) is 11.8 Å². The second kappa shape index (κ2) is 5.14. The lowest BCUT2D eigenvalue weighted by Crippen LogP contribution is -2.20. The number of carbonyl (C=O) groups is 2. The molecule has 22 heavy (non-hydrogen) atoms. The van der Waals surface area contributed by atoms with Crippen molar-refractivity contribution < 1.29 is 9.59 Å². The molecule has 2 aliphatic rings. The highest BCUT2D eigenvalue weighted by atomic mass is 35.5. The highest BCUT2D eigenvalue weighted by Crippen LogP contribution is 2.48. The predicted molar refractivity (Wildman–Crippen MR) is 86.6 cm³/mol. The van der Waals surface area contributed by atoms with E-state index in [1.54, 1.807) is 17.8 Å². The Hall–Kier alpha value is -1.78. The molecule has 2 atom stereocenters. The van der Waals surface area contributed by atoms with Gasteiger partial charge in [0.05, 0.1) is 21.8 Å². The van der Waals surface area contributed by atoms with Gasteiger partial charge in [0.1, 0.15) is 0 Å². The van der Waals surface area contributed by atoms with Gasteiger partial charge in [-0.15, -0.1) is 23.4 Å². The Kier molecular flexibility index (Phi) is 3.24. The van der Waals surface area contributed by atoms with E-state index < -0.39 is 0 Å². The number of fused-ring (bicyclic) bond motifs is 2. The Morgan fingerprint density at radius 2 is 1.86 bits per heavy atom. The molecule has 1 aliphatic carbocycles. The summed E-state index contributed by atoms with van der Waals surface area (Å²) in [5.74, 6) is -0.641. The van der Waals surface area contributed by atoms with Gasteiger partial charge in [-0.05, 0) is 29.7 Å². The minimum absolute atomic E-state index is 0.0154. The molecule has 0 spiro atoms. The fraction of sp³-hybridized carbons (Fsp3) is 0.176. The SMILES string of the molecule is O=C1NC(=O)c2c(SC3c4ccccc4CC3Cl)cccc21. The van der Waals surface area contributed by atoms with E-state index in [4.69, 9.17) is 11.6 Å². The molecule has 1 N–H and O–H groups in total. The molecule has 0 saturated carbocycles. The van der Waals surface area contributed by atoms with E-state index in [0.717, 1.165) is 11.3 Å². The van der Waals surface area contributed by atoms with Crippen molar-refractivity contribution in [2.75, 3.05) is 0 Å². The van der Waals surface area contributed by atoms with Crippen LogP contribution in [0.2, 0.25) is 0 Å². The Morgan fingerprint density at radius 1 is 1.05 bits per heavy atom. The zero-order chi connectivity index (χ0) is 15.3. The average molecular weight is 330 g/mol. The Morgan fingerprint density at radius 3 is 2.73 bits per heavy atom. The van der Waals surface area contributed by atoms with Crippen LogP contribution in [-0.4, -0.2) is 17.2 Å². The summed E-state index contributed by atoms with van der Waals surface area (Å²) in [5, 5.41) is 2.43. The van der Waals surface area contributed by atoms with E-state index in [1.165, 1.54) is 11.1 Å². The summed E-state index contributed by atoms with van der Waals surface area (Å²) in [5.41, 5.74) is 3.40. The van der Waals surface area contributed by atoms with Crippen LogP contribution >= 0.6 is 23.4 Å². The first kappa shape index (κ1) is 13.9. The number of amides is 2. The van der Waals surface area contributed by atoms with E-state index in [9.17, 15) is 9.59 Å². The molecular weight excluding hydrogens is 318 g/mol. The minimum Gasteiger partial charge on any atom is -0.288 e. The molecule has 0 fully saturated rings. The van der Waals surface area contributed by atoms with Gasteiger partial charge in [-0.2, -0.15) is 0 Å². The normalized spacial score (nSPS) is 22.4. The number of hydrogen-bond acceptors (Lipinski definition) is 3. The summed E-state index contributed by atoms with van der Waals surface area (Å²) >= 11 is 8.09. The molecule has 5 heteroatoms. The molecule has 110 valence electrons. The standard InChI is InChI=1S/C17H12ClNO2S/c18-12-8-9-4-1-2-5-10(9)15(12)22-13-7-3-6-11-14(13)17(21)19-16(11)20/h1-7,12,15H,8H2,(H,19,20,21). The van der Waals surface area contributed by atoms with Crippen molar-refractivity contribution >= 4 is 35.2 Å². The third-order valence-electron chi connectivity index (χ3n) is 4.08. The third kappa shape index (κ3) is 2.06. The van der Waals surface area contributed by atoms with Gasteiger partial charge in [-0.3, -0.25) is 14.9 Å². The van der Waals surface area contributed by atoms with Crippen LogP contribution in [0.25, 0.3) is 0 Å². The number of thioether (sulfide) groups is 1. The monoisotopic (exact) mass is 329 g/mol. The molecule has 0 bridgehead atoms. The van der Waals surface area contributed by atoms with Gasteiger partial charge in [0, 0.05) is 4.90 Å². The lowest BCUT2D eigenvalue weighted by Gasteiger charge is -2.16. The van der Waals surface area contributed by atoms with Crippen LogP contribution in [0.15, 0.2) is 47.4 Å². The Bertz CT molecular complexity index is 805. The minimum atomic E-state index is -0.323. The fourth-order valence-corrected chi connectivity index (χ4v) is 4.88. The van der Waals surface area contributed by atoms with Gasteiger partial charge >= 0.3 is 0 Å². The second-order valence-electron chi connectivity index (χ2n) is 5.42. The number of nitrogens with one attached hydrogen (secondary N) is 1. The maximum atomic E-state index is 12.0. The first-order chi connectivity index (χ1) is 10.6. The zero-order valence-corrected chi connectivity index (χ0v) is 13.1. The van der Waals surface area contributed by atoms with Crippen molar-refractivity contribution in [1.29, 1.82) is 0 Å². The number of rotatable bonds is 2. The molecular formula is C17H12ClNO2S. The quantitative estimate of drug-likeness (QED) is 0.677. The largest absolute Gasteiger partial charge is 0.288 e. The lowest BCUT2D eigenvalue weighted by atomic mass is 10.1. The van der Waals surface area contributed by atoms with Crippen molar-refractivity contribution in [3.63, 3.8) is 0 Å². The smallest absolute Gasteiger partial charge is 0.260 e. The van der Waals surface area contributed by atoms with Crippen LogP contribution in [0.3, 0.4) is 0 Å². The first-order valence-corrected chi connectivity index (χ1v) is 8.34. The van der Waals surface area contributed by atoms with Gasteiger partial charge in [-0.1, -0.05) is 30.3 Å². The van der Waals surface area contributed by atoms with Crippen molar-refractivity contribution in [3.8, 4) is 0 Å². The number of halogens is 1. The number of carbonyl (C=O) groups excluding carboxylic acids is 2.